The fourth-order valence-corrected chi connectivity index (χ4v) is 4.20. The summed E-state index contributed by atoms with van der Waals surface area (Å²) in [6.45, 7) is 6.34. The van der Waals surface area contributed by atoms with Gasteiger partial charge >= 0.3 is 0 Å². The highest BCUT2D eigenvalue weighted by Gasteiger charge is 2.19. The molecule has 1 fully saturated rings. The van der Waals surface area contributed by atoms with Crippen molar-refractivity contribution >= 4 is 22.9 Å². The van der Waals surface area contributed by atoms with Gasteiger partial charge < -0.3 is 19.4 Å². The van der Waals surface area contributed by atoms with Gasteiger partial charge in [0.05, 0.1) is 14.2 Å². The van der Waals surface area contributed by atoms with Crippen molar-refractivity contribution in [2.24, 2.45) is 0 Å². The molecular weight excluding hydrogens is 402 g/mol. The van der Waals surface area contributed by atoms with Crippen LogP contribution in [0.15, 0.2) is 48.5 Å². The van der Waals surface area contributed by atoms with Crippen molar-refractivity contribution in [1.29, 1.82) is 0 Å². The van der Waals surface area contributed by atoms with Gasteiger partial charge in [-0.2, -0.15) is 0 Å². The first kappa shape index (κ1) is 22.0. The molecule has 168 valence electrons. The summed E-state index contributed by atoms with van der Waals surface area (Å²) in [5.41, 5.74) is 4.42. The van der Waals surface area contributed by atoms with E-state index in [9.17, 15) is 4.79 Å². The third-order valence-electron chi connectivity index (χ3n) is 6.20. The molecule has 1 aliphatic heterocycles. The summed E-state index contributed by atoms with van der Waals surface area (Å²) in [4.78, 5) is 20.5. The molecule has 1 aliphatic rings. The van der Waals surface area contributed by atoms with Gasteiger partial charge in [-0.15, -0.1) is 0 Å². The Balaban J connectivity index is 1.31. The van der Waals surface area contributed by atoms with Crippen molar-refractivity contribution in [3.05, 3.63) is 65.4 Å². The van der Waals surface area contributed by atoms with E-state index >= 15 is 0 Å². The fourth-order valence-electron chi connectivity index (χ4n) is 4.20. The van der Waals surface area contributed by atoms with Crippen molar-refractivity contribution in [3.63, 3.8) is 0 Å². The highest BCUT2D eigenvalue weighted by atomic mass is 16.5. The topological polar surface area (TPSA) is 57.8 Å². The number of rotatable bonds is 7. The van der Waals surface area contributed by atoms with E-state index in [-0.39, 0.29) is 5.91 Å². The van der Waals surface area contributed by atoms with E-state index in [4.69, 9.17) is 9.47 Å². The number of methoxy groups -OCH3 is 2. The number of carbonyl (C=O) groups is 1. The van der Waals surface area contributed by atoms with Gasteiger partial charge in [-0.3, -0.25) is 9.69 Å². The number of ether oxygens (including phenoxy) is 2. The summed E-state index contributed by atoms with van der Waals surface area (Å²) in [5.74, 6) is 1.76. The van der Waals surface area contributed by atoms with Crippen molar-refractivity contribution in [2.75, 3.05) is 46.9 Å². The van der Waals surface area contributed by atoms with Crippen LogP contribution in [-0.2, 0) is 11.2 Å². The molecule has 1 saturated heterocycles. The maximum absolute atomic E-state index is 12.8. The SMILES string of the molecule is COc1ccc(CCN2CCN(C(=O)C=Cc3c(C)[nH]c4ccc(OC)cc34)CC2)cc1. The lowest BCUT2D eigenvalue weighted by atomic mass is 10.1. The van der Waals surface area contributed by atoms with E-state index in [2.05, 4.69) is 22.0 Å². The van der Waals surface area contributed by atoms with Gasteiger partial charge in [0, 0.05) is 61.0 Å². The number of H-pyrrole nitrogens is 1. The molecule has 0 saturated carbocycles. The number of aromatic amines is 1. The summed E-state index contributed by atoms with van der Waals surface area (Å²) in [6, 6.07) is 14.2. The number of hydrogen-bond donors (Lipinski definition) is 1. The van der Waals surface area contributed by atoms with Crippen LogP contribution in [0.4, 0.5) is 0 Å². The molecule has 4 rings (SSSR count). The van der Waals surface area contributed by atoms with Crippen LogP contribution >= 0.6 is 0 Å². The number of piperazine rings is 1. The summed E-state index contributed by atoms with van der Waals surface area (Å²) in [5, 5.41) is 1.06. The Morgan fingerprint density at radius 1 is 1.00 bits per heavy atom. The molecule has 1 amide bonds. The molecular formula is C26H31N3O3. The second-order valence-corrected chi connectivity index (χ2v) is 8.17. The first-order valence-electron chi connectivity index (χ1n) is 11.1. The predicted octanol–water partition coefficient (Wildman–Crippen LogP) is 3.89. The van der Waals surface area contributed by atoms with E-state index in [1.807, 2.05) is 48.2 Å². The molecule has 0 radical (unpaired) electrons. The van der Waals surface area contributed by atoms with E-state index < -0.39 is 0 Å². The zero-order valence-corrected chi connectivity index (χ0v) is 19.1. The number of nitrogens with one attached hydrogen (secondary N) is 1. The summed E-state index contributed by atoms with van der Waals surface area (Å²) < 4.78 is 10.6. The maximum Gasteiger partial charge on any atom is 0.246 e. The molecule has 2 heterocycles. The third-order valence-corrected chi connectivity index (χ3v) is 6.20. The summed E-state index contributed by atoms with van der Waals surface area (Å²) in [6.07, 6.45) is 4.62. The van der Waals surface area contributed by atoms with Crippen LogP contribution in [0.1, 0.15) is 16.8 Å². The molecule has 1 N–H and O–H groups in total. The van der Waals surface area contributed by atoms with Crippen LogP contribution in [0.3, 0.4) is 0 Å². The first-order valence-corrected chi connectivity index (χ1v) is 11.1. The fraction of sp³-hybridized carbons (Fsp3) is 0.346. The van der Waals surface area contributed by atoms with Crippen LogP contribution in [0.2, 0.25) is 0 Å². The largest absolute Gasteiger partial charge is 0.497 e. The van der Waals surface area contributed by atoms with Gasteiger partial charge in [0.1, 0.15) is 11.5 Å². The van der Waals surface area contributed by atoms with E-state index in [1.54, 1.807) is 20.3 Å². The number of nitrogens with zero attached hydrogens (tertiary/aromatic N) is 2. The molecule has 2 aromatic carbocycles. The van der Waals surface area contributed by atoms with Crippen LogP contribution < -0.4 is 9.47 Å². The first-order chi connectivity index (χ1) is 15.6. The van der Waals surface area contributed by atoms with Gasteiger partial charge in [0.15, 0.2) is 0 Å². The number of carbonyl (C=O) groups excluding carboxylic acids is 1. The summed E-state index contributed by atoms with van der Waals surface area (Å²) >= 11 is 0. The number of aryl methyl sites for hydroxylation is 1. The molecule has 0 unspecified atom stereocenters. The van der Waals surface area contributed by atoms with Gasteiger partial charge in [0.2, 0.25) is 5.91 Å². The van der Waals surface area contributed by atoms with Crippen LogP contribution in [-0.4, -0.2) is 67.6 Å². The zero-order valence-electron chi connectivity index (χ0n) is 19.1. The Morgan fingerprint density at radius 3 is 2.38 bits per heavy atom. The second kappa shape index (κ2) is 9.92. The third kappa shape index (κ3) is 4.97. The smallest absolute Gasteiger partial charge is 0.246 e. The monoisotopic (exact) mass is 433 g/mol. The van der Waals surface area contributed by atoms with Gasteiger partial charge in [-0.1, -0.05) is 12.1 Å². The lowest BCUT2D eigenvalue weighted by molar-refractivity contribution is -0.127. The Hall–Kier alpha value is -3.25. The minimum Gasteiger partial charge on any atom is -0.497 e. The number of benzene rings is 2. The molecule has 3 aromatic rings. The molecule has 0 bridgehead atoms. The molecule has 32 heavy (non-hydrogen) atoms. The van der Waals surface area contributed by atoms with Gasteiger partial charge in [0.25, 0.3) is 0 Å². The van der Waals surface area contributed by atoms with E-state index in [1.165, 1.54) is 5.56 Å². The Kier molecular flexibility index (Phi) is 6.81. The molecule has 0 aliphatic carbocycles. The quantitative estimate of drug-likeness (QED) is 0.575. The summed E-state index contributed by atoms with van der Waals surface area (Å²) in [7, 11) is 3.35. The van der Waals surface area contributed by atoms with Gasteiger partial charge in [-0.05, 0) is 55.3 Å². The van der Waals surface area contributed by atoms with Crippen LogP contribution in [0.5, 0.6) is 11.5 Å². The molecule has 6 nitrogen and oxygen atoms in total. The number of amides is 1. The average molecular weight is 434 g/mol. The predicted molar refractivity (Wildman–Crippen MR) is 128 cm³/mol. The Morgan fingerprint density at radius 2 is 1.69 bits per heavy atom. The molecule has 0 spiro atoms. The normalized spacial score (nSPS) is 14.9. The standard InChI is InChI=1S/C26H31N3O3/c1-19-23(24-18-22(32-3)8-10-25(24)27-19)9-11-26(30)29-16-14-28(15-17-29)13-12-20-4-6-21(31-2)7-5-20/h4-11,18,27H,12-17H2,1-3H3. The lowest BCUT2D eigenvalue weighted by Gasteiger charge is -2.34. The van der Waals surface area contributed by atoms with E-state index in [0.29, 0.717) is 0 Å². The average Bonchev–Trinajstić information content (AvgIpc) is 3.15. The minimum absolute atomic E-state index is 0.0662. The minimum atomic E-state index is 0.0662. The molecule has 1 aromatic heterocycles. The molecule has 6 heteroatoms. The van der Waals surface area contributed by atoms with Crippen molar-refractivity contribution in [2.45, 2.75) is 13.3 Å². The van der Waals surface area contributed by atoms with Crippen molar-refractivity contribution in [1.82, 2.24) is 14.8 Å². The van der Waals surface area contributed by atoms with Crippen LogP contribution in [0, 0.1) is 6.92 Å². The molecule has 0 atom stereocenters. The number of fused-ring (bicyclic) bond motifs is 1. The highest BCUT2D eigenvalue weighted by molar-refractivity contribution is 5.97. The van der Waals surface area contributed by atoms with E-state index in [0.717, 1.165) is 72.8 Å². The van der Waals surface area contributed by atoms with Crippen molar-refractivity contribution < 1.29 is 14.3 Å². The van der Waals surface area contributed by atoms with Crippen molar-refractivity contribution in [3.8, 4) is 11.5 Å². The second-order valence-electron chi connectivity index (χ2n) is 8.17. The zero-order chi connectivity index (χ0) is 22.5. The lowest BCUT2D eigenvalue weighted by Crippen LogP contribution is -2.48. The van der Waals surface area contributed by atoms with Crippen LogP contribution in [0.25, 0.3) is 17.0 Å². The Bertz CT molecular complexity index is 1090. The maximum atomic E-state index is 12.8. The number of hydrogen-bond acceptors (Lipinski definition) is 4. The van der Waals surface area contributed by atoms with Gasteiger partial charge in [-0.25, -0.2) is 0 Å². The highest BCUT2D eigenvalue weighted by Crippen LogP contribution is 2.27. The number of aromatic nitrogens is 1. The Labute approximate surface area is 189 Å².